The number of hydrogen-bond acceptors (Lipinski definition) is 6. The number of nitrogens with two attached hydrogens (primary N) is 1. The van der Waals surface area contributed by atoms with Gasteiger partial charge in [-0.2, -0.15) is 0 Å². The van der Waals surface area contributed by atoms with Crippen LogP contribution in [-0.2, 0) is 0 Å². The van der Waals surface area contributed by atoms with Crippen LogP contribution in [0.15, 0.2) is 0 Å². The molecule has 0 bridgehead atoms. The summed E-state index contributed by atoms with van der Waals surface area (Å²) < 4.78 is 0. The second-order valence-electron chi connectivity index (χ2n) is 2.15. The highest BCUT2D eigenvalue weighted by Crippen LogP contribution is 1.96. The monoisotopic (exact) mass is 165 g/mol. The third-order valence-electron chi connectivity index (χ3n) is 1.17. The molecule has 1 atom stereocenters. The predicted octanol–water partition coefficient (Wildman–Crippen LogP) is -3.29. The number of aliphatic hydroxyl groups is 3. The Kier molecular flexibility index (Phi) is 4.50. The van der Waals surface area contributed by atoms with Crippen molar-refractivity contribution in [1.82, 2.24) is 10.6 Å². The zero-order valence-electron chi connectivity index (χ0n) is 6.41. The Morgan fingerprint density at radius 2 is 2.00 bits per heavy atom. The minimum atomic E-state index is -2.76. The summed E-state index contributed by atoms with van der Waals surface area (Å²) in [5.74, 6) is -2.76. The molecule has 0 aliphatic rings. The van der Waals surface area contributed by atoms with E-state index in [1.54, 1.807) is 0 Å². The van der Waals surface area contributed by atoms with Gasteiger partial charge in [0, 0.05) is 13.1 Å². The third-order valence-corrected chi connectivity index (χ3v) is 1.17. The Balaban J connectivity index is 3.76. The highest BCUT2D eigenvalue weighted by Gasteiger charge is 2.29. The molecule has 0 spiro atoms. The number of nitrogens with one attached hydrogen (secondary N) is 2. The van der Waals surface area contributed by atoms with Crippen LogP contribution in [0.4, 0.5) is 0 Å². The summed E-state index contributed by atoms with van der Waals surface area (Å²) in [6.07, 6.45) is -0.994. The van der Waals surface area contributed by atoms with Crippen molar-refractivity contribution in [3.8, 4) is 0 Å². The lowest BCUT2D eigenvalue weighted by atomic mass is 10.4. The van der Waals surface area contributed by atoms with Crippen LogP contribution in [0.3, 0.4) is 0 Å². The molecule has 0 heterocycles. The van der Waals surface area contributed by atoms with E-state index >= 15 is 0 Å². The minimum absolute atomic E-state index is 0.355. The van der Waals surface area contributed by atoms with E-state index in [1.807, 2.05) is 0 Å². The van der Waals surface area contributed by atoms with Gasteiger partial charge >= 0.3 is 5.97 Å². The van der Waals surface area contributed by atoms with Gasteiger partial charge in [0.2, 0.25) is 0 Å². The van der Waals surface area contributed by atoms with Gasteiger partial charge < -0.3 is 21.1 Å². The summed E-state index contributed by atoms with van der Waals surface area (Å²) in [5, 5.41) is 31.0. The first kappa shape index (κ1) is 10.8. The Morgan fingerprint density at radius 3 is 2.27 bits per heavy atom. The van der Waals surface area contributed by atoms with Gasteiger partial charge in [-0.3, -0.25) is 10.6 Å². The van der Waals surface area contributed by atoms with E-state index in [9.17, 15) is 0 Å². The van der Waals surface area contributed by atoms with E-state index < -0.39 is 12.1 Å². The zero-order valence-corrected chi connectivity index (χ0v) is 6.41. The SMILES string of the molecule is CNC(NCCN)C(O)(O)O. The molecule has 0 radical (unpaired) electrons. The summed E-state index contributed by atoms with van der Waals surface area (Å²) in [5.41, 5.74) is 5.14. The summed E-state index contributed by atoms with van der Waals surface area (Å²) >= 11 is 0. The second kappa shape index (κ2) is 4.60. The predicted molar refractivity (Wildman–Crippen MR) is 39.3 cm³/mol. The zero-order chi connectivity index (χ0) is 8.91. The van der Waals surface area contributed by atoms with E-state index in [0.29, 0.717) is 13.1 Å². The Labute approximate surface area is 65.0 Å². The van der Waals surface area contributed by atoms with Gasteiger partial charge in [-0.15, -0.1) is 0 Å². The van der Waals surface area contributed by atoms with Gasteiger partial charge in [-0.05, 0) is 7.05 Å². The molecule has 0 fully saturated rings. The van der Waals surface area contributed by atoms with Gasteiger partial charge in [0.1, 0.15) is 6.17 Å². The fraction of sp³-hybridized carbons (Fsp3) is 1.00. The summed E-state index contributed by atoms with van der Waals surface area (Å²) in [7, 11) is 1.48. The minimum Gasteiger partial charge on any atom is -0.341 e. The van der Waals surface area contributed by atoms with Crippen molar-refractivity contribution >= 4 is 0 Å². The molecule has 0 saturated carbocycles. The van der Waals surface area contributed by atoms with Crippen molar-refractivity contribution in [1.29, 1.82) is 0 Å². The highest BCUT2D eigenvalue weighted by molar-refractivity contribution is 4.68. The molecule has 0 aromatic rings. The maximum atomic E-state index is 8.65. The highest BCUT2D eigenvalue weighted by atomic mass is 16.7. The van der Waals surface area contributed by atoms with Crippen LogP contribution in [0.2, 0.25) is 0 Å². The van der Waals surface area contributed by atoms with Gasteiger partial charge in [-0.1, -0.05) is 0 Å². The molecule has 6 heteroatoms. The Bertz CT molecular complexity index is 104. The Morgan fingerprint density at radius 1 is 1.45 bits per heavy atom. The molecule has 68 valence electrons. The Hall–Kier alpha value is -0.240. The van der Waals surface area contributed by atoms with Crippen LogP contribution in [0.1, 0.15) is 0 Å². The number of rotatable bonds is 5. The topological polar surface area (TPSA) is 111 Å². The lowest BCUT2D eigenvalue weighted by Crippen LogP contribution is -2.58. The largest absolute Gasteiger partial charge is 0.341 e. The molecule has 7 N–H and O–H groups in total. The molecular formula is C5H15N3O3. The average molecular weight is 165 g/mol. The molecule has 0 rings (SSSR count). The van der Waals surface area contributed by atoms with Gasteiger partial charge in [-0.25, -0.2) is 0 Å². The van der Waals surface area contributed by atoms with Crippen molar-refractivity contribution in [3.63, 3.8) is 0 Å². The van der Waals surface area contributed by atoms with E-state index in [2.05, 4.69) is 10.6 Å². The summed E-state index contributed by atoms with van der Waals surface area (Å²) in [6.45, 7) is 0.739. The van der Waals surface area contributed by atoms with Crippen LogP contribution in [-0.4, -0.2) is 47.6 Å². The smallest absolute Gasteiger partial charge is 0.305 e. The van der Waals surface area contributed by atoms with Gasteiger partial charge in [0.05, 0.1) is 0 Å². The normalized spacial score (nSPS) is 15.0. The van der Waals surface area contributed by atoms with E-state index in [4.69, 9.17) is 21.1 Å². The lowest BCUT2D eigenvalue weighted by Gasteiger charge is -2.25. The van der Waals surface area contributed by atoms with Gasteiger partial charge in [0.15, 0.2) is 0 Å². The molecule has 1 unspecified atom stereocenters. The lowest BCUT2D eigenvalue weighted by molar-refractivity contribution is -0.330. The standard InChI is InChI=1S/C5H15N3O3/c1-7-4(5(9,10)11)8-3-2-6/h4,7-11H,2-3,6H2,1H3. The van der Waals surface area contributed by atoms with Crippen molar-refractivity contribution in [2.45, 2.75) is 12.1 Å². The first-order valence-electron chi connectivity index (χ1n) is 3.30. The number of likely N-dealkylation sites (N-methyl/N-ethyl adjacent to an activating group) is 1. The second-order valence-corrected chi connectivity index (χ2v) is 2.15. The molecule has 0 aliphatic heterocycles. The van der Waals surface area contributed by atoms with Crippen LogP contribution < -0.4 is 16.4 Å². The van der Waals surface area contributed by atoms with Crippen LogP contribution in [0.5, 0.6) is 0 Å². The maximum Gasteiger partial charge on any atom is 0.305 e. The first-order chi connectivity index (χ1) is 5.02. The van der Waals surface area contributed by atoms with Crippen molar-refractivity contribution in [2.75, 3.05) is 20.1 Å². The number of hydrogen-bond donors (Lipinski definition) is 6. The quantitative estimate of drug-likeness (QED) is 0.238. The average Bonchev–Trinajstić information content (AvgIpc) is 1.87. The molecular weight excluding hydrogens is 150 g/mol. The molecule has 0 saturated heterocycles. The third kappa shape index (κ3) is 4.25. The van der Waals surface area contributed by atoms with Crippen molar-refractivity contribution in [2.24, 2.45) is 5.73 Å². The van der Waals surface area contributed by atoms with Crippen LogP contribution in [0.25, 0.3) is 0 Å². The maximum absolute atomic E-state index is 8.65. The molecule has 6 nitrogen and oxygen atoms in total. The fourth-order valence-corrected chi connectivity index (χ4v) is 0.660. The molecule has 11 heavy (non-hydrogen) atoms. The van der Waals surface area contributed by atoms with Gasteiger partial charge in [0.25, 0.3) is 0 Å². The van der Waals surface area contributed by atoms with Crippen LogP contribution in [0, 0.1) is 0 Å². The van der Waals surface area contributed by atoms with Crippen LogP contribution >= 0.6 is 0 Å². The first-order valence-corrected chi connectivity index (χ1v) is 3.30. The summed E-state index contributed by atoms with van der Waals surface area (Å²) in [6, 6.07) is 0. The van der Waals surface area contributed by atoms with E-state index in [-0.39, 0.29) is 0 Å². The molecule has 0 aromatic carbocycles. The molecule has 0 aliphatic carbocycles. The fourth-order valence-electron chi connectivity index (χ4n) is 0.660. The van der Waals surface area contributed by atoms with Crippen molar-refractivity contribution in [3.05, 3.63) is 0 Å². The van der Waals surface area contributed by atoms with E-state index in [0.717, 1.165) is 0 Å². The van der Waals surface area contributed by atoms with E-state index in [1.165, 1.54) is 7.05 Å². The molecule has 0 amide bonds. The van der Waals surface area contributed by atoms with Crippen molar-refractivity contribution < 1.29 is 15.3 Å². The molecule has 0 aromatic heterocycles. The summed E-state index contributed by atoms with van der Waals surface area (Å²) in [4.78, 5) is 0.